The number of rotatable bonds is 6. The fourth-order valence-corrected chi connectivity index (χ4v) is 2.88. The maximum Gasteiger partial charge on any atom is 0.270 e. The number of amides is 2. The van der Waals surface area contributed by atoms with Gasteiger partial charge < -0.3 is 15.5 Å². The van der Waals surface area contributed by atoms with Gasteiger partial charge in [-0.15, -0.1) is 0 Å². The minimum Gasteiger partial charge on any atom is -0.446 e. The SMILES string of the molecule is NC(=O)c1coc(CNC(=O)C(C2CC2)N2CCCC2)n1. The molecular weight excluding hydrogens is 272 g/mol. The molecule has 21 heavy (non-hydrogen) atoms. The van der Waals surface area contributed by atoms with E-state index in [-0.39, 0.29) is 24.2 Å². The van der Waals surface area contributed by atoms with Crippen molar-refractivity contribution >= 4 is 11.8 Å². The predicted octanol–water partition coefficient (Wildman–Crippen LogP) is 0.264. The van der Waals surface area contributed by atoms with Gasteiger partial charge >= 0.3 is 0 Å². The lowest BCUT2D eigenvalue weighted by Gasteiger charge is -2.26. The van der Waals surface area contributed by atoms with Crippen molar-refractivity contribution in [3.63, 3.8) is 0 Å². The Hall–Kier alpha value is -1.89. The maximum absolute atomic E-state index is 12.4. The summed E-state index contributed by atoms with van der Waals surface area (Å²) in [5.41, 5.74) is 5.19. The first kappa shape index (κ1) is 14.1. The van der Waals surface area contributed by atoms with E-state index in [1.165, 1.54) is 6.26 Å². The molecule has 1 aliphatic heterocycles. The van der Waals surface area contributed by atoms with Gasteiger partial charge in [-0.1, -0.05) is 0 Å². The van der Waals surface area contributed by atoms with Gasteiger partial charge in [0.1, 0.15) is 6.26 Å². The van der Waals surface area contributed by atoms with Crippen LogP contribution in [0.1, 0.15) is 42.1 Å². The molecule has 2 fully saturated rings. The largest absolute Gasteiger partial charge is 0.446 e. The highest BCUT2D eigenvalue weighted by Gasteiger charge is 2.40. The van der Waals surface area contributed by atoms with Gasteiger partial charge in [-0.25, -0.2) is 4.98 Å². The highest BCUT2D eigenvalue weighted by molar-refractivity contribution is 5.90. The second kappa shape index (κ2) is 5.85. The van der Waals surface area contributed by atoms with Crippen molar-refractivity contribution in [2.24, 2.45) is 11.7 Å². The average Bonchev–Trinajstić information content (AvgIpc) is 2.95. The van der Waals surface area contributed by atoms with E-state index in [0.717, 1.165) is 38.8 Å². The first-order valence-electron chi connectivity index (χ1n) is 7.41. The van der Waals surface area contributed by atoms with Crippen LogP contribution < -0.4 is 11.1 Å². The number of carbonyl (C=O) groups is 2. The summed E-state index contributed by atoms with van der Waals surface area (Å²) in [6, 6.07) is -0.0296. The summed E-state index contributed by atoms with van der Waals surface area (Å²) in [4.78, 5) is 29.6. The Morgan fingerprint density at radius 3 is 2.71 bits per heavy atom. The van der Waals surface area contributed by atoms with E-state index >= 15 is 0 Å². The summed E-state index contributed by atoms with van der Waals surface area (Å²) < 4.78 is 5.12. The number of hydrogen-bond acceptors (Lipinski definition) is 5. The molecule has 114 valence electrons. The molecular formula is C14H20N4O3. The predicted molar refractivity (Wildman–Crippen MR) is 74.2 cm³/mol. The number of aromatic nitrogens is 1. The molecule has 2 amide bonds. The molecule has 0 bridgehead atoms. The zero-order valence-corrected chi connectivity index (χ0v) is 11.9. The minimum absolute atomic E-state index is 0.0261. The monoisotopic (exact) mass is 292 g/mol. The van der Waals surface area contributed by atoms with E-state index < -0.39 is 5.91 Å². The van der Waals surface area contributed by atoms with Crippen LogP contribution in [0.4, 0.5) is 0 Å². The van der Waals surface area contributed by atoms with E-state index in [1.807, 2.05) is 0 Å². The van der Waals surface area contributed by atoms with Crippen molar-refractivity contribution in [2.75, 3.05) is 13.1 Å². The van der Waals surface area contributed by atoms with Crippen LogP contribution in [0.3, 0.4) is 0 Å². The molecule has 1 atom stereocenters. The Kier molecular flexibility index (Phi) is 3.92. The fraction of sp³-hybridized carbons (Fsp3) is 0.643. The highest BCUT2D eigenvalue weighted by Crippen LogP contribution is 2.36. The smallest absolute Gasteiger partial charge is 0.270 e. The Labute approximate surface area is 122 Å². The number of likely N-dealkylation sites (tertiary alicyclic amines) is 1. The summed E-state index contributed by atoms with van der Waals surface area (Å²) in [5.74, 6) is 0.171. The Balaban J connectivity index is 1.57. The second-order valence-corrected chi connectivity index (χ2v) is 5.73. The van der Waals surface area contributed by atoms with Crippen LogP contribution in [0.2, 0.25) is 0 Å². The summed E-state index contributed by atoms with van der Waals surface area (Å²) in [7, 11) is 0. The molecule has 3 N–H and O–H groups in total. The van der Waals surface area contributed by atoms with Gasteiger partial charge in [-0.2, -0.15) is 0 Å². The summed E-state index contributed by atoms with van der Waals surface area (Å²) in [5, 5.41) is 2.86. The van der Waals surface area contributed by atoms with Crippen molar-refractivity contribution in [1.82, 2.24) is 15.2 Å². The van der Waals surface area contributed by atoms with E-state index in [9.17, 15) is 9.59 Å². The van der Waals surface area contributed by atoms with E-state index in [2.05, 4.69) is 15.2 Å². The number of nitrogens with one attached hydrogen (secondary N) is 1. The third-order valence-electron chi connectivity index (χ3n) is 4.09. The lowest BCUT2D eigenvalue weighted by Crippen LogP contribution is -2.47. The highest BCUT2D eigenvalue weighted by atomic mass is 16.3. The first-order valence-corrected chi connectivity index (χ1v) is 7.41. The van der Waals surface area contributed by atoms with Crippen LogP contribution in [0.15, 0.2) is 10.7 Å². The van der Waals surface area contributed by atoms with Crippen LogP contribution in [0.5, 0.6) is 0 Å². The van der Waals surface area contributed by atoms with Gasteiger partial charge in [0, 0.05) is 0 Å². The van der Waals surface area contributed by atoms with E-state index in [4.69, 9.17) is 10.2 Å². The molecule has 7 nitrogen and oxygen atoms in total. The van der Waals surface area contributed by atoms with Gasteiger partial charge in [0.25, 0.3) is 5.91 Å². The topological polar surface area (TPSA) is 101 Å². The Morgan fingerprint density at radius 2 is 2.14 bits per heavy atom. The molecule has 2 heterocycles. The van der Waals surface area contributed by atoms with Crippen molar-refractivity contribution in [3.8, 4) is 0 Å². The first-order chi connectivity index (χ1) is 10.1. The molecule has 1 saturated carbocycles. The molecule has 3 rings (SSSR count). The molecule has 1 aromatic rings. The molecule has 0 spiro atoms. The number of nitrogens with two attached hydrogens (primary N) is 1. The van der Waals surface area contributed by atoms with Crippen LogP contribution in [0.25, 0.3) is 0 Å². The number of carbonyl (C=O) groups excluding carboxylic acids is 2. The molecule has 1 aliphatic carbocycles. The minimum atomic E-state index is -0.635. The third-order valence-corrected chi connectivity index (χ3v) is 4.09. The number of oxazole rings is 1. The van der Waals surface area contributed by atoms with Crippen molar-refractivity contribution in [1.29, 1.82) is 0 Å². The lowest BCUT2D eigenvalue weighted by atomic mass is 10.1. The van der Waals surface area contributed by atoms with Gasteiger partial charge in [0.15, 0.2) is 5.69 Å². The molecule has 1 saturated heterocycles. The number of primary amides is 1. The molecule has 2 aliphatic rings. The average molecular weight is 292 g/mol. The fourth-order valence-electron chi connectivity index (χ4n) is 2.88. The quantitative estimate of drug-likeness (QED) is 0.783. The van der Waals surface area contributed by atoms with E-state index in [1.54, 1.807) is 0 Å². The van der Waals surface area contributed by atoms with Crippen LogP contribution in [0, 0.1) is 5.92 Å². The van der Waals surface area contributed by atoms with Crippen LogP contribution >= 0.6 is 0 Å². The molecule has 1 aromatic heterocycles. The maximum atomic E-state index is 12.4. The van der Waals surface area contributed by atoms with Crippen molar-refractivity contribution in [3.05, 3.63) is 17.8 Å². The lowest BCUT2D eigenvalue weighted by molar-refractivity contribution is -0.127. The van der Waals surface area contributed by atoms with Gasteiger partial charge in [-0.05, 0) is 44.7 Å². The zero-order chi connectivity index (χ0) is 14.8. The summed E-state index contributed by atoms with van der Waals surface area (Å²) >= 11 is 0. The van der Waals surface area contributed by atoms with Crippen LogP contribution in [-0.2, 0) is 11.3 Å². The Bertz CT molecular complexity index is 532. The molecule has 0 aromatic carbocycles. The summed E-state index contributed by atoms with van der Waals surface area (Å²) in [6.07, 6.45) is 5.79. The normalized spacial score (nSPS) is 20.4. The number of nitrogens with zero attached hydrogens (tertiary/aromatic N) is 2. The van der Waals surface area contributed by atoms with Crippen LogP contribution in [-0.4, -0.2) is 40.8 Å². The summed E-state index contributed by atoms with van der Waals surface area (Å²) in [6.45, 7) is 2.18. The zero-order valence-electron chi connectivity index (χ0n) is 11.9. The van der Waals surface area contributed by atoms with Gasteiger partial charge in [-0.3, -0.25) is 14.5 Å². The number of hydrogen-bond donors (Lipinski definition) is 2. The molecule has 0 radical (unpaired) electrons. The van der Waals surface area contributed by atoms with E-state index in [0.29, 0.717) is 11.8 Å². The van der Waals surface area contributed by atoms with Gasteiger partial charge in [0.05, 0.1) is 12.6 Å². The third kappa shape index (κ3) is 3.24. The van der Waals surface area contributed by atoms with Crippen molar-refractivity contribution in [2.45, 2.75) is 38.3 Å². The molecule has 1 unspecified atom stereocenters. The van der Waals surface area contributed by atoms with Gasteiger partial charge in [0.2, 0.25) is 11.8 Å². The molecule has 7 heteroatoms. The Morgan fingerprint density at radius 1 is 1.43 bits per heavy atom. The van der Waals surface area contributed by atoms with Crippen molar-refractivity contribution < 1.29 is 14.0 Å². The standard InChI is InChI=1S/C14H20N4O3/c15-13(19)10-8-21-11(17-10)7-16-14(20)12(9-3-4-9)18-5-1-2-6-18/h8-9,12H,1-7H2,(H2,15,19)(H,16,20). The second-order valence-electron chi connectivity index (χ2n) is 5.73.